The highest BCUT2D eigenvalue weighted by Gasteiger charge is 2.47. The molecule has 0 amide bonds. The third-order valence-corrected chi connectivity index (χ3v) is 2.52. The molecule has 0 bridgehead atoms. The van der Waals surface area contributed by atoms with Crippen molar-refractivity contribution >= 4 is 5.97 Å². The first-order valence-electron chi connectivity index (χ1n) is 5.80. The molecular weight excluding hydrogens is 236 g/mol. The lowest BCUT2D eigenvalue weighted by Crippen LogP contribution is -2.29. The molecule has 0 aromatic carbocycles. The molecule has 1 aromatic heterocycles. The number of carbonyl (C=O) groups is 1. The largest absolute Gasteiger partial charge is 0.464 e. The zero-order valence-corrected chi connectivity index (χ0v) is 10.6. The quantitative estimate of drug-likeness (QED) is 0.753. The zero-order valence-electron chi connectivity index (χ0n) is 10.6. The minimum Gasteiger partial charge on any atom is -0.464 e. The van der Waals surface area contributed by atoms with Crippen LogP contribution in [0.5, 0.6) is 0 Å². The summed E-state index contributed by atoms with van der Waals surface area (Å²) in [6.07, 6.45) is 3.30. The van der Waals surface area contributed by atoms with Gasteiger partial charge in [-0.1, -0.05) is 0 Å². The maximum Gasteiger partial charge on any atom is 0.338 e. The molecule has 2 heterocycles. The van der Waals surface area contributed by atoms with Gasteiger partial charge in [0.1, 0.15) is 12.4 Å². The van der Waals surface area contributed by atoms with Gasteiger partial charge in [0.05, 0.1) is 6.61 Å². The van der Waals surface area contributed by atoms with Gasteiger partial charge in [-0.3, -0.25) is 0 Å². The molecule has 0 saturated carbocycles. The van der Waals surface area contributed by atoms with Gasteiger partial charge in [-0.2, -0.15) is 0 Å². The highest BCUT2D eigenvalue weighted by atomic mass is 16.8. The number of hydrogen-bond donors (Lipinski definition) is 0. The number of esters is 1. The van der Waals surface area contributed by atoms with Gasteiger partial charge in [-0.25, -0.2) is 14.8 Å². The molecule has 0 N–H and O–H groups in total. The molecule has 1 aliphatic heterocycles. The van der Waals surface area contributed by atoms with Crippen LogP contribution in [0.25, 0.3) is 0 Å². The van der Waals surface area contributed by atoms with Crippen molar-refractivity contribution in [2.75, 3.05) is 6.61 Å². The van der Waals surface area contributed by atoms with Crippen molar-refractivity contribution in [2.45, 2.75) is 38.8 Å². The van der Waals surface area contributed by atoms with Gasteiger partial charge in [0.2, 0.25) is 0 Å². The smallest absolute Gasteiger partial charge is 0.338 e. The number of hydrogen-bond acceptors (Lipinski definition) is 6. The Morgan fingerprint density at radius 1 is 1.39 bits per heavy atom. The molecule has 1 aromatic rings. The highest BCUT2D eigenvalue weighted by molar-refractivity contribution is 5.76. The van der Waals surface area contributed by atoms with Crippen molar-refractivity contribution in [2.24, 2.45) is 0 Å². The van der Waals surface area contributed by atoms with Crippen molar-refractivity contribution in [1.29, 1.82) is 0 Å². The maximum absolute atomic E-state index is 11.8. The Bertz CT molecular complexity index is 421. The van der Waals surface area contributed by atoms with Crippen molar-refractivity contribution in [1.82, 2.24) is 9.97 Å². The Labute approximate surface area is 105 Å². The van der Waals surface area contributed by atoms with E-state index in [-0.39, 0.29) is 0 Å². The van der Waals surface area contributed by atoms with Crippen LogP contribution in [0.15, 0.2) is 18.7 Å². The highest BCUT2D eigenvalue weighted by Crippen LogP contribution is 2.38. The fraction of sp³-hybridized carbons (Fsp3) is 0.583. The third-order valence-electron chi connectivity index (χ3n) is 2.52. The van der Waals surface area contributed by atoms with Gasteiger partial charge in [-0.05, 0) is 20.8 Å². The van der Waals surface area contributed by atoms with Crippen LogP contribution < -0.4 is 0 Å². The van der Waals surface area contributed by atoms with Crippen LogP contribution in [0.2, 0.25) is 0 Å². The minimum atomic E-state index is -0.835. The SMILES string of the molecule is CCOC(=O)C1OC(C)(C)OC1c1cncnc1. The predicted molar refractivity (Wildman–Crippen MR) is 61.4 cm³/mol. The molecule has 6 nitrogen and oxygen atoms in total. The van der Waals surface area contributed by atoms with E-state index in [0.29, 0.717) is 12.2 Å². The predicted octanol–water partition coefficient (Wildman–Crippen LogP) is 1.23. The topological polar surface area (TPSA) is 70.5 Å². The van der Waals surface area contributed by atoms with Crippen LogP contribution in [0.3, 0.4) is 0 Å². The summed E-state index contributed by atoms with van der Waals surface area (Å²) in [5.74, 6) is -1.27. The van der Waals surface area contributed by atoms with Crippen LogP contribution in [0, 0.1) is 0 Å². The van der Waals surface area contributed by atoms with Crippen LogP contribution >= 0.6 is 0 Å². The molecule has 1 saturated heterocycles. The van der Waals surface area contributed by atoms with E-state index in [9.17, 15) is 4.79 Å². The van der Waals surface area contributed by atoms with Crippen LogP contribution in [-0.2, 0) is 19.0 Å². The van der Waals surface area contributed by atoms with E-state index in [1.54, 1.807) is 33.2 Å². The fourth-order valence-corrected chi connectivity index (χ4v) is 1.86. The van der Waals surface area contributed by atoms with E-state index in [2.05, 4.69) is 9.97 Å². The fourth-order valence-electron chi connectivity index (χ4n) is 1.86. The van der Waals surface area contributed by atoms with Crippen LogP contribution in [-0.4, -0.2) is 34.4 Å². The molecule has 98 valence electrons. The average molecular weight is 252 g/mol. The van der Waals surface area contributed by atoms with E-state index >= 15 is 0 Å². The van der Waals surface area contributed by atoms with Crippen molar-refractivity contribution in [3.63, 3.8) is 0 Å². The number of carbonyl (C=O) groups excluding carboxylic acids is 1. The van der Waals surface area contributed by atoms with Gasteiger partial charge in [0, 0.05) is 18.0 Å². The monoisotopic (exact) mass is 252 g/mol. The normalized spacial score (nSPS) is 25.9. The molecule has 1 fully saturated rings. The van der Waals surface area contributed by atoms with E-state index in [1.807, 2.05) is 0 Å². The third kappa shape index (κ3) is 2.65. The van der Waals surface area contributed by atoms with E-state index in [4.69, 9.17) is 14.2 Å². The number of nitrogens with zero attached hydrogens (tertiary/aromatic N) is 2. The van der Waals surface area contributed by atoms with Crippen molar-refractivity contribution < 1.29 is 19.0 Å². The van der Waals surface area contributed by atoms with E-state index < -0.39 is 24.0 Å². The Kier molecular flexibility index (Phi) is 3.58. The summed E-state index contributed by atoms with van der Waals surface area (Å²) >= 11 is 0. The molecule has 18 heavy (non-hydrogen) atoms. The van der Waals surface area contributed by atoms with Gasteiger partial charge >= 0.3 is 5.97 Å². The molecule has 2 rings (SSSR count). The first-order valence-corrected chi connectivity index (χ1v) is 5.80. The van der Waals surface area contributed by atoms with E-state index in [1.165, 1.54) is 6.33 Å². The molecule has 0 spiro atoms. The maximum atomic E-state index is 11.8. The van der Waals surface area contributed by atoms with Gasteiger partial charge in [0.15, 0.2) is 11.9 Å². The molecule has 1 aliphatic rings. The lowest BCUT2D eigenvalue weighted by Gasteiger charge is -2.16. The summed E-state index contributed by atoms with van der Waals surface area (Å²) in [4.78, 5) is 19.7. The second kappa shape index (κ2) is 4.99. The first kappa shape index (κ1) is 12.9. The second-order valence-corrected chi connectivity index (χ2v) is 4.40. The van der Waals surface area contributed by atoms with Crippen LogP contribution in [0.1, 0.15) is 32.4 Å². The Morgan fingerprint density at radius 3 is 2.67 bits per heavy atom. The Morgan fingerprint density at radius 2 is 2.06 bits per heavy atom. The summed E-state index contributed by atoms with van der Waals surface area (Å²) in [5, 5.41) is 0. The van der Waals surface area contributed by atoms with E-state index in [0.717, 1.165) is 0 Å². The lowest BCUT2D eigenvalue weighted by molar-refractivity contribution is -0.170. The van der Waals surface area contributed by atoms with Crippen LogP contribution in [0.4, 0.5) is 0 Å². The second-order valence-electron chi connectivity index (χ2n) is 4.40. The van der Waals surface area contributed by atoms with Gasteiger partial charge in [0.25, 0.3) is 0 Å². The molecule has 2 unspecified atom stereocenters. The minimum absolute atomic E-state index is 0.303. The summed E-state index contributed by atoms with van der Waals surface area (Å²) in [5.41, 5.74) is 0.695. The molecule has 0 aliphatic carbocycles. The lowest BCUT2D eigenvalue weighted by atomic mass is 10.1. The number of aromatic nitrogens is 2. The van der Waals surface area contributed by atoms with Gasteiger partial charge < -0.3 is 14.2 Å². The average Bonchev–Trinajstić information content (AvgIpc) is 2.67. The summed E-state index contributed by atoms with van der Waals surface area (Å²) in [7, 11) is 0. The Balaban J connectivity index is 2.23. The molecular formula is C12H16N2O4. The standard InChI is InChI=1S/C12H16N2O4/c1-4-16-11(15)10-9(17-12(2,3)18-10)8-5-13-7-14-6-8/h5-7,9-10H,4H2,1-3H3. The molecule has 0 radical (unpaired) electrons. The number of rotatable bonds is 3. The van der Waals surface area contributed by atoms with Crippen molar-refractivity contribution in [3.05, 3.63) is 24.3 Å². The summed E-state index contributed by atoms with van der Waals surface area (Å²) < 4.78 is 16.3. The molecule has 2 atom stereocenters. The first-order chi connectivity index (χ1) is 8.53. The van der Waals surface area contributed by atoms with Crippen molar-refractivity contribution in [3.8, 4) is 0 Å². The Hall–Kier alpha value is -1.53. The summed E-state index contributed by atoms with van der Waals surface area (Å²) in [6, 6.07) is 0. The van der Waals surface area contributed by atoms with Gasteiger partial charge in [-0.15, -0.1) is 0 Å². The summed E-state index contributed by atoms with van der Waals surface area (Å²) in [6.45, 7) is 5.56. The molecule has 6 heteroatoms. The number of ether oxygens (including phenoxy) is 3. The zero-order chi connectivity index (χ0) is 13.2.